The van der Waals surface area contributed by atoms with Crippen molar-refractivity contribution in [2.45, 2.75) is 12.7 Å². The van der Waals surface area contributed by atoms with Crippen LogP contribution in [0.5, 0.6) is 5.75 Å². The van der Waals surface area contributed by atoms with Crippen molar-refractivity contribution in [1.29, 1.82) is 0 Å². The number of hydrogen-bond acceptors (Lipinski definition) is 2. The Morgan fingerprint density at radius 1 is 1.05 bits per heavy atom. The van der Waals surface area contributed by atoms with E-state index in [1.807, 2.05) is 0 Å². The Hall–Kier alpha value is -2.01. The summed E-state index contributed by atoms with van der Waals surface area (Å²) in [5.74, 6) is 0.690. The first-order valence-electron chi connectivity index (χ1n) is 6.00. The summed E-state index contributed by atoms with van der Waals surface area (Å²) < 4.78 is 43.1. The molecule has 2 N–H and O–H groups in total. The summed E-state index contributed by atoms with van der Waals surface area (Å²) in [4.78, 5) is 0. The molecule has 2 nitrogen and oxygen atoms in total. The van der Waals surface area contributed by atoms with E-state index in [0.29, 0.717) is 16.9 Å². The highest BCUT2D eigenvalue weighted by atomic mass is 19.4. The number of halogens is 3. The van der Waals surface area contributed by atoms with Crippen molar-refractivity contribution in [3.63, 3.8) is 0 Å². The molecule has 0 bridgehead atoms. The first-order chi connectivity index (χ1) is 9.45. The van der Waals surface area contributed by atoms with Crippen molar-refractivity contribution in [1.82, 2.24) is 0 Å². The maximum atomic E-state index is 12.7. The van der Waals surface area contributed by atoms with Crippen molar-refractivity contribution in [2.75, 3.05) is 7.11 Å². The Kier molecular flexibility index (Phi) is 3.99. The van der Waals surface area contributed by atoms with Gasteiger partial charge in [-0.25, -0.2) is 0 Å². The van der Waals surface area contributed by atoms with Crippen molar-refractivity contribution in [3.05, 3.63) is 53.6 Å². The second-order valence-electron chi connectivity index (χ2n) is 4.30. The van der Waals surface area contributed by atoms with Gasteiger partial charge in [0.25, 0.3) is 0 Å². The van der Waals surface area contributed by atoms with Crippen LogP contribution in [0.3, 0.4) is 0 Å². The van der Waals surface area contributed by atoms with E-state index in [-0.39, 0.29) is 6.54 Å². The highest BCUT2D eigenvalue weighted by Gasteiger charge is 2.30. The molecule has 0 radical (unpaired) electrons. The molecule has 0 heterocycles. The lowest BCUT2D eigenvalue weighted by Gasteiger charge is -2.13. The third-order valence-electron chi connectivity index (χ3n) is 3.05. The van der Waals surface area contributed by atoms with Gasteiger partial charge in [0, 0.05) is 6.54 Å². The van der Waals surface area contributed by atoms with E-state index in [4.69, 9.17) is 10.5 Å². The molecule has 0 spiro atoms. The summed E-state index contributed by atoms with van der Waals surface area (Å²) in [6, 6.07) is 10.7. The normalized spacial score (nSPS) is 11.4. The predicted octanol–water partition coefficient (Wildman–Crippen LogP) is 3.84. The van der Waals surface area contributed by atoms with Crippen molar-refractivity contribution in [3.8, 4) is 16.9 Å². The summed E-state index contributed by atoms with van der Waals surface area (Å²) in [7, 11) is 1.55. The summed E-state index contributed by atoms with van der Waals surface area (Å²) in [6.07, 6.45) is -4.36. The average molecular weight is 281 g/mol. The maximum Gasteiger partial charge on any atom is 0.416 e. The van der Waals surface area contributed by atoms with Crippen LogP contribution in [-0.4, -0.2) is 7.11 Å². The monoisotopic (exact) mass is 281 g/mol. The third-order valence-corrected chi connectivity index (χ3v) is 3.05. The first kappa shape index (κ1) is 14.4. The molecule has 0 unspecified atom stereocenters. The molecule has 0 aromatic heterocycles. The minimum atomic E-state index is -4.36. The van der Waals surface area contributed by atoms with Crippen LogP contribution in [0.4, 0.5) is 13.2 Å². The Morgan fingerprint density at radius 3 is 2.20 bits per heavy atom. The molecular formula is C15H14F3NO. The molecule has 20 heavy (non-hydrogen) atoms. The average Bonchev–Trinajstić information content (AvgIpc) is 2.45. The molecule has 0 atom stereocenters. The zero-order chi connectivity index (χ0) is 14.8. The van der Waals surface area contributed by atoms with Crippen LogP contribution < -0.4 is 10.5 Å². The highest BCUT2D eigenvalue weighted by molar-refractivity contribution is 5.68. The van der Waals surface area contributed by atoms with Crippen molar-refractivity contribution >= 4 is 0 Å². The number of methoxy groups -OCH3 is 1. The Balaban J connectivity index is 2.45. The fraction of sp³-hybridized carbons (Fsp3) is 0.200. The van der Waals surface area contributed by atoms with Gasteiger partial charge in [-0.1, -0.05) is 18.2 Å². The fourth-order valence-electron chi connectivity index (χ4n) is 1.99. The minimum absolute atomic E-state index is 0.0469. The highest BCUT2D eigenvalue weighted by Crippen LogP contribution is 2.33. The molecule has 5 heteroatoms. The van der Waals surface area contributed by atoms with Crippen molar-refractivity contribution in [2.24, 2.45) is 5.73 Å². The van der Waals surface area contributed by atoms with Gasteiger partial charge < -0.3 is 10.5 Å². The minimum Gasteiger partial charge on any atom is -0.497 e. The summed E-state index contributed by atoms with van der Waals surface area (Å²) in [5, 5.41) is 0. The van der Waals surface area contributed by atoms with Gasteiger partial charge in [-0.05, 0) is 41.0 Å². The van der Waals surface area contributed by atoms with Gasteiger partial charge in [-0.2, -0.15) is 13.2 Å². The summed E-state index contributed by atoms with van der Waals surface area (Å²) in [5.41, 5.74) is 6.85. The molecule has 0 saturated carbocycles. The molecule has 0 saturated heterocycles. The summed E-state index contributed by atoms with van der Waals surface area (Å²) >= 11 is 0. The van der Waals surface area contributed by atoms with Gasteiger partial charge in [0.1, 0.15) is 5.75 Å². The predicted molar refractivity (Wildman–Crippen MR) is 71.3 cm³/mol. The molecule has 2 aromatic carbocycles. The molecule has 2 rings (SSSR count). The Bertz CT molecular complexity index is 591. The maximum absolute atomic E-state index is 12.7. The molecule has 0 fully saturated rings. The Labute approximate surface area is 115 Å². The van der Waals surface area contributed by atoms with Crippen LogP contribution in [0.1, 0.15) is 11.1 Å². The topological polar surface area (TPSA) is 35.2 Å². The smallest absolute Gasteiger partial charge is 0.416 e. The SMILES string of the molecule is COc1ccc(-c2ccc(C(F)(F)F)cc2CN)cc1. The molecule has 2 aromatic rings. The number of hydrogen-bond donors (Lipinski definition) is 1. The second-order valence-corrected chi connectivity index (χ2v) is 4.30. The molecule has 0 aliphatic carbocycles. The number of alkyl halides is 3. The molecule has 0 aliphatic heterocycles. The van der Waals surface area contributed by atoms with Crippen LogP contribution >= 0.6 is 0 Å². The lowest BCUT2D eigenvalue weighted by Crippen LogP contribution is -2.08. The quantitative estimate of drug-likeness (QED) is 0.927. The van der Waals surface area contributed by atoms with Gasteiger partial charge in [0.05, 0.1) is 12.7 Å². The van der Waals surface area contributed by atoms with Crippen LogP contribution in [0, 0.1) is 0 Å². The zero-order valence-corrected chi connectivity index (χ0v) is 10.9. The largest absolute Gasteiger partial charge is 0.497 e. The standard InChI is InChI=1S/C15H14F3NO/c1-20-13-5-2-10(3-6-13)14-7-4-12(15(16,17)18)8-11(14)9-19/h2-8H,9,19H2,1H3. The van der Waals surface area contributed by atoms with Crippen LogP contribution in [0.2, 0.25) is 0 Å². The lowest BCUT2D eigenvalue weighted by atomic mass is 9.97. The first-order valence-corrected chi connectivity index (χ1v) is 6.00. The van der Waals surface area contributed by atoms with E-state index in [1.165, 1.54) is 6.07 Å². The van der Waals surface area contributed by atoms with Gasteiger partial charge >= 0.3 is 6.18 Å². The molecule has 0 amide bonds. The van der Waals surface area contributed by atoms with Crippen LogP contribution in [-0.2, 0) is 12.7 Å². The van der Waals surface area contributed by atoms with Crippen LogP contribution in [0.25, 0.3) is 11.1 Å². The number of benzene rings is 2. The zero-order valence-electron chi connectivity index (χ0n) is 10.9. The van der Waals surface area contributed by atoms with Crippen molar-refractivity contribution < 1.29 is 17.9 Å². The van der Waals surface area contributed by atoms with E-state index in [9.17, 15) is 13.2 Å². The second kappa shape index (κ2) is 5.54. The lowest BCUT2D eigenvalue weighted by molar-refractivity contribution is -0.137. The number of nitrogens with two attached hydrogens (primary N) is 1. The van der Waals surface area contributed by atoms with E-state index in [0.717, 1.165) is 17.7 Å². The van der Waals surface area contributed by atoms with Gasteiger partial charge in [-0.15, -0.1) is 0 Å². The van der Waals surface area contributed by atoms with E-state index >= 15 is 0 Å². The Morgan fingerprint density at radius 2 is 1.70 bits per heavy atom. The van der Waals surface area contributed by atoms with E-state index in [2.05, 4.69) is 0 Å². The third kappa shape index (κ3) is 2.93. The van der Waals surface area contributed by atoms with Gasteiger partial charge in [-0.3, -0.25) is 0 Å². The molecule has 106 valence electrons. The van der Waals surface area contributed by atoms with Crippen LogP contribution in [0.15, 0.2) is 42.5 Å². The number of rotatable bonds is 3. The van der Waals surface area contributed by atoms with E-state index in [1.54, 1.807) is 31.4 Å². The van der Waals surface area contributed by atoms with E-state index < -0.39 is 11.7 Å². The van der Waals surface area contributed by atoms with Gasteiger partial charge in [0.2, 0.25) is 0 Å². The molecule has 0 aliphatic rings. The number of ether oxygens (including phenoxy) is 1. The fourth-order valence-corrected chi connectivity index (χ4v) is 1.99. The summed E-state index contributed by atoms with van der Waals surface area (Å²) in [6.45, 7) is 0.0469. The van der Waals surface area contributed by atoms with Gasteiger partial charge in [0.15, 0.2) is 0 Å². The molecular weight excluding hydrogens is 267 g/mol.